The van der Waals surface area contributed by atoms with Gasteiger partial charge in [-0.25, -0.2) is 0 Å². The zero-order valence-corrected chi connectivity index (χ0v) is 10.5. The van der Waals surface area contributed by atoms with Crippen LogP contribution in [0.2, 0.25) is 0 Å². The third kappa shape index (κ3) is 4.87. The molecule has 0 saturated carbocycles. The molecule has 1 rings (SSSR count). The van der Waals surface area contributed by atoms with Crippen molar-refractivity contribution in [2.24, 2.45) is 0 Å². The maximum absolute atomic E-state index is 11.8. The van der Waals surface area contributed by atoms with E-state index in [1.54, 1.807) is 23.3 Å². The summed E-state index contributed by atoms with van der Waals surface area (Å²) in [5.74, 6) is 0.528. The number of hydrogen-bond donors (Lipinski definition) is 3. The van der Waals surface area contributed by atoms with Crippen LogP contribution in [-0.4, -0.2) is 53.9 Å². The Kier molecular flexibility index (Phi) is 6.42. The number of aliphatic hydroxyl groups is 2. The average molecular weight is 256 g/mol. The molecule has 0 fully saturated rings. The molecule has 6 nitrogen and oxygen atoms in total. The van der Waals surface area contributed by atoms with E-state index in [-0.39, 0.29) is 31.7 Å². The lowest BCUT2D eigenvalue weighted by Crippen LogP contribution is -2.40. The van der Waals surface area contributed by atoms with Crippen molar-refractivity contribution in [2.45, 2.75) is 13.0 Å². The fraction of sp³-hybridized carbons (Fsp3) is 0.583. The summed E-state index contributed by atoms with van der Waals surface area (Å²) in [5, 5.41) is 20.5. The van der Waals surface area contributed by atoms with Crippen molar-refractivity contribution in [3.63, 3.8) is 0 Å². The molecule has 1 atom stereocenters. The number of carbonyl (C=O) groups excluding carboxylic acids is 1. The zero-order valence-electron chi connectivity index (χ0n) is 10.5. The Hall–Kier alpha value is -1.37. The van der Waals surface area contributed by atoms with Gasteiger partial charge in [-0.15, -0.1) is 0 Å². The number of amides is 1. The molecule has 0 bridgehead atoms. The number of furan rings is 1. The number of carbonyl (C=O) groups is 1. The number of nitrogens with one attached hydrogen (secondary N) is 1. The van der Waals surface area contributed by atoms with E-state index in [0.717, 1.165) is 0 Å². The SMILES string of the molecule is CC(NC(=O)CN(CCO)CCO)c1ccco1. The van der Waals surface area contributed by atoms with E-state index >= 15 is 0 Å². The van der Waals surface area contributed by atoms with Crippen molar-refractivity contribution in [3.8, 4) is 0 Å². The van der Waals surface area contributed by atoms with Crippen LogP contribution in [0.3, 0.4) is 0 Å². The molecule has 0 spiro atoms. The molecular formula is C12H20N2O4. The maximum Gasteiger partial charge on any atom is 0.234 e. The van der Waals surface area contributed by atoms with E-state index in [1.807, 2.05) is 6.92 Å². The molecule has 1 unspecified atom stereocenters. The van der Waals surface area contributed by atoms with Crippen molar-refractivity contribution >= 4 is 5.91 Å². The standard InChI is InChI=1S/C12H20N2O4/c1-10(11-3-2-8-18-11)13-12(17)9-14(4-6-15)5-7-16/h2-3,8,10,15-16H,4-7,9H2,1H3,(H,13,17). The van der Waals surface area contributed by atoms with Gasteiger partial charge in [-0.3, -0.25) is 9.69 Å². The minimum atomic E-state index is -0.197. The largest absolute Gasteiger partial charge is 0.467 e. The highest BCUT2D eigenvalue weighted by Crippen LogP contribution is 2.11. The molecule has 1 aromatic heterocycles. The van der Waals surface area contributed by atoms with Gasteiger partial charge < -0.3 is 19.9 Å². The van der Waals surface area contributed by atoms with Crippen LogP contribution < -0.4 is 5.32 Å². The Labute approximate surface area is 106 Å². The summed E-state index contributed by atoms with van der Waals surface area (Å²) in [6.45, 7) is 2.62. The van der Waals surface area contributed by atoms with Gasteiger partial charge in [0, 0.05) is 13.1 Å². The van der Waals surface area contributed by atoms with Gasteiger partial charge in [-0.05, 0) is 19.1 Å². The fourth-order valence-corrected chi connectivity index (χ4v) is 1.65. The van der Waals surface area contributed by atoms with Gasteiger partial charge in [0.05, 0.1) is 32.1 Å². The van der Waals surface area contributed by atoms with E-state index in [4.69, 9.17) is 14.6 Å². The van der Waals surface area contributed by atoms with Crippen molar-refractivity contribution in [2.75, 3.05) is 32.8 Å². The average Bonchev–Trinajstić information content (AvgIpc) is 2.82. The molecule has 1 heterocycles. The van der Waals surface area contributed by atoms with E-state index in [9.17, 15) is 4.79 Å². The summed E-state index contributed by atoms with van der Waals surface area (Å²) >= 11 is 0. The first-order valence-electron chi connectivity index (χ1n) is 5.94. The number of nitrogens with zero attached hydrogens (tertiary/aromatic N) is 1. The first kappa shape index (κ1) is 14.7. The van der Waals surface area contributed by atoms with Gasteiger partial charge in [0.1, 0.15) is 5.76 Å². The van der Waals surface area contributed by atoms with Crippen LogP contribution in [0.5, 0.6) is 0 Å². The van der Waals surface area contributed by atoms with Crippen LogP contribution in [0.15, 0.2) is 22.8 Å². The Morgan fingerprint density at radius 3 is 2.61 bits per heavy atom. The van der Waals surface area contributed by atoms with Crippen molar-refractivity contribution < 1.29 is 19.4 Å². The first-order chi connectivity index (χ1) is 8.67. The number of aliphatic hydroxyl groups excluding tert-OH is 2. The van der Waals surface area contributed by atoms with Crippen molar-refractivity contribution in [1.29, 1.82) is 0 Å². The molecule has 102 valence electrons. The van der Waals surface area contributed by atoms with Crippen molar-refractivity contribution in [3.05, 3.63) is 24.2 Å². The quantitative estimate of drug-likeness (QED) is 0.597. The van der Waals surface area contributed by atoms with Crippen LogP contribution in [-0.2, 0) is 4.79 Å². The van der Waals surface area contributed by atoms with Gasteiger partial charge in [-0.2, -0.15) is 0 Å². The molecular weight excluding hydrogens is 236 g/mol. The molecule has 0 aliphatic rings. The molecule has 0 aliphatic carbocycles. The minimum Gasteiger partial charge on any atom is -0.467 e. The third-order valence-corrected chi connectivity index (χ3v) is 2.55. The maximum atomic E-state index is 11.8. The van der Waals surface area contributed by atoms with Crippen LogP contribution in [0.25, 0.3) is 0 Å². The summed E-state index contributed by atoms with van der Waals surface area (Å²) in [7, 11) is 0. The summed E-state index contributed by atoms with van der Waals surface area (Å²) in [4.78, 5) is 13.4. The summed E-state index contributed by atoms with van der Waals surface area (Å²) in [6, 6.07) is 3.36. The third-order valence-electron chi connectivity index (χ3n) is 2.55. The molecule has 0 saturated heterocycles. The lowest BCUT2D eigenvalue weighted by atomic mass is 10.2. The topological polar surface area (TPSA) is 85.9 Å². The second-order valence-electron chi connectivity index (χ2n) is 4.03. The Morgan fingerprint density at radius 1 is 1.44 bits per heavy atom. The summed E-state index contributed by atoms with van der Waals surface area (Å²) < 4.78 is 5.19. The Bertz CT molecular complexity index is 334. The monoisotopic (exact) mass is 256 g/mol. The van der Waals surface area contributed by atoms with Crippen LogP contribution in [0.4, 0.5) is 0 Å². The molecule has 1 amide bonds. The lowest BCUT2D eigenvalue weighted by molar-refractivity contribution is -0.123. The molecule has 1 aromatic rings. The predicted molar refractivity (Wildman–Crippen MR) is 65.9 cm³/mol. The van der Waals surface area contributed by atoms with E-state index in [1.165, 1.54) is 0 Å². The van der Waals surface area contributed by atoms with E-state index < -0.39 is 0 Å². The van der Waals surface area contributed by atoms with E-state index in [2.05, 4.69) is 5.32 Å². The fourth-order valence-electron chi connectivity index (χ4n) is 1.65. The zero-order chi connectivity index (χ0) is 13.4. The second kappa shape index (κ2) is 7.86. The number of rotatable bonds is 8. The summed E-state index contributed by atoms with van der Waals surface area (Å²) in [6.07, 6.45) is 1.56. The summed E-state index contributed by atoms with van der Waals surface area (Å²) in [5.41, 5.74) is 0. The highest BCUT2D eigenvalue weighted by atomic mass is 16.3. The molecule has 18 heavy (non-hydrogen) atoms. The number of hydrogen-bond acceptors (Lipinski definition) is 5. The Morgan fingerprint density at radius 2 is 2.11 bits per heavy atom. The Balaban J connectivity index is 2.39. The van der Waals surface area contributed by atoms with Crippen LogP contribution in [0.1, 0.15) is 18.7 Å². The lowest BCUT2D eigenvalue weighted by Gasteiger charge is -2.20. The molecule has 6 heteroatoms. The highest BCUT2D eigenvalue weighted by molar-refractivity contribution is 5.78. The van der Waals surface area contributed by atoms with Gasteiger partial charge in [0.2, 0.25) is 5.91 Å². The molecule has 0 aromatic carbocycles. The smallest absolute Gasteiger partial charge is 0.234 e. The molecule has 0 radical (unpaired) electrons. The first-order valence-corrected chi connectivity index (χ1v) is 5.94. The normalized spacial score (nSPS) is 12.7. The highest BCUT2D eigenvalue weighted by Gasteiger charge is 2.14. The van der Waals surface area contributed by atoms with Gasteiger partial charge in [0.25, 0.3) is 0 Å². The van der Waals surface area contributed by atoms with Crippen molar-refractivity contribution in [1.82, 2.24) is 10.2 Å². The van der Waals surface area contributed by atoms with Crippen LogP contribution >= 0.6 is 0 Å². The van der Waals surface area contributed by atoms with Gasteiger partial charge >= 0.3 is 0 Å². The molecule has 0 aliphatic heterocycles. The predicted octanol–water partition coefficient (Wildman–Crippen LogP) is -0.257. The minimum absolute atomic E-state index is 0.0407. The van der Waals surface area contributed by atoms with Gasteiger partial charge in [-0.1, -0.05) is 0 Å². The molecule has 3 N–H and O–H groups in total. The second-order valence-corrected chi connectivity index (χ2v) is 4.03. The van der Waals surface area contributed by atoms with E-state index in [0.29, 0.717) is 18.8 Å². The van der Waals surface area contributed by atoms with Crippen LogP contribution in [0, 0.1) is 0 Å². The van der Waals surface area contributed by atoms with Gasteiger partial charge in [0.15, 0.2) is 0 Å².